The first-order chi connectivity index (χ1) is 13.6. The van der Waals surface area contributed by atoms with E-state index in [0.717, 1.165) is 0 Å². The quantitative estimate of drug-likeness (QED) is 0.628. The number of hydrogen-bond acceptors (Lipinski definition) is 5. The lowest BCUT2D eigenvalue weighted by Crippen LogP contribution is -2.31. The molecule has 3 aromatic carbocycles. The van der Waals surface area contributed by atoms with Crippen molar-refractivity contribution in [3.63, 3.8) is 0 Å². The lowest BCUT2D eigenvalue weighted by Gasteiger charge is -2.34. The van der Waals surface area contributed by atoms with Crippen molar-refractivity contribution < 1.29 is 24.1 Å². The van der Waals surface area contributed by atoms with Crippen LogP contribution in [-0.2, 0) is 5.60 Å². The Bertz CT molecular complexity index is 837. The van der Waals surface area contributed by atoms with Crippen LogP contribution in [-0.4, -0.2) is 33.5 Å². The van der Waals surface area contributed by atoms with Crippen molar-refractivity contribution in [1.82, 2.24) is 0 Å². The van der Waals surface area contributed by atoms with Gasteiger partial charge in [0.2, 0.25) is 0 Å². The minimum Gasteiger partial charge on any atom is -0.496 e. The molecule has 5 nitrogen and oxygen atoms in total. The van der Waals surface area contributed by atoms with Crippen LogP contribution >= 0.6 is 0 Å². The van der Waals surface area contributed by atoms with Crippen LogP contribution in [0.15, 0.2) is 66.7 Å². The van der Waals surface area contributed by atoms with Crippen LogP contribution in [0.5, 0.6) is 23.0 Å². The van der Waals surface area contributed by atoms with E-state index in [9.17, 15) is 5.11 Å². The minimum absolute atomic E-state index is 0.467. The van der Waals surface area contributed by atoms with Gasteiger partial charge in [-0.25, -0.2) is 0 Å². The fourth-order valence-electron chi connectivity index (χ4n) is 3.51. The molecule has 0 amide bonds. The number of rotatable bonds is 7. The van der Waals surface area contributed by atoms with Gasteiger partial charge in [-0.15, -0.1) is 0 Å². The van der Waals surface area contributed by atoms with Crippen molar-refractivity contribution in [3.8, 4) is 23.0 Å². The zero-order valence-corrected chi connectivity index (χ0v) is 16.4. The lowest BCUT2D eigenvalue weighted by molar-refractivity contribution is 0.111. The van der Waals surface area contributed by atoms with Crippen LogP contribution in [0.1, 0.15) is 16.7 Å². The molecule has 0 aliphatic heterocycles. The van der Waals surface area contributed by atoms with Gasteiger partial charge in [0, 0.05) is 0 Å². The number of aliphatic hydroxyl groups is 1. The van der Waals surface area contributed by atoms with Crippen molar-refractivity contribution >= 4 is 0 Å². The highest BCUT2D eigenvalue weighted by Gasteiger charge is 2.43. The Hall–Kier alpha value is -3.18. The summed E-state index contributed by atoms with van der Waals surface area (Å²) in [6.07, 6.45) is 0. The first-order valence-electron chi connectivity index (χ1n) is 8.82. The molecule has 0 heterocycles. The van der Waals surface area contributed by atoms with Crippen molar-refractivity contribution in [2.75, 3.05) is 28.4 Å². The van der Waals surface area contributed by atoms with Crippen LogP contribution < -0.4 is 18.9 Å². The van der Waals surface area contributed by atoms with Gasteiger partial charge in [-0.05, 0) is 29.8 Å². The van der Waals surface area contributed by atoms with E-state index in [1.165, 1.54) is 0 Å². The van der Waals surface area contributed by atoms with E-state index in [-0.39, 0.29) is 0 Å². The van der Waals surface area contributed by atoms with Gasteiger partial charge in [-0.1, -0.05) is 42.5 Å². The number of hydrogen-bond donors (Lipinski definition) is 1. The molecule has 0 aromatic heterocycles. The molecular weight excluding hydrogens is 356 g/mol. The highest BCUT2D eigenvalue weighted by molar-refractivity contribution is 5.64. The standard InChI is InChI=1S/C23H24O5/c1-25-17-12-8-13-18(26-2)21(17)23(24,16-10-6-5-7-11-16)22-19(27-3)14-9-15-20(22)28-4/h5-15,24H,1-4H3. The zero-order chi connectivity index (χ0) is 20.1. The van der Waals surface area contributed by atoms with E-state index in [2.05, 4.69) is 0 Å². The second kappa shape index (κ2) is 8.23. The summed E-state index contributed by atoms with van der Waals surface area (Å²) in [4.78, 5) is 0. The Morgan fingerprint density at radius 3 is 1.21 bits per heavy atom. The minimum atomic E-state index is -1.66. The first-order valence-corrected chi connectivity index (χ1v) is 8.82. The largest absolute Gasteiger partial charge is 0.496 e. The second-order valence-electron chi connectivity index (χ2n) is 6.15. The van der Waals surface area contributed by atoms with E-state index in [4.69, 9.17) is 18.9 Å². The van der Waals surface area contributed by atoms with Crippen LogP contribution in [0.25, 0.3) is 0 Å². The fraction of sp³-hybridized carbons (Fsp3) is 0.217. The first kappa shape index (κ1) is 19.6. The molecule has 0 bridgehead atoms. The molecule has 0 saturated heterocycles. The van der Waals surface area contributed by atoms with Gasteiger partial charge >= 0.3 is 0 Å². The number of benzene rings is 3. The molecule has 0 atom stereocenters. The molecule has 0 spiro atoms. The average molecular weight is 380 g/mol. The van der Waals surface area contributed by atoms with Crippen LogP contribution in [0.4, 0.5) is 0 Å². The molecule has 0 aliphatic carbocycles. The molecular formula is C23H24O5. The Kier molecular flexibility index (Phi) is 5.76. The maximum absolute atomic E-state index is 12.4. The smallest absolute Gasteiger partial charge is 0.154 e. The molecule has 28 heavy (non-hydrogen) atoms. The van der Waals surface area contributed by atoms with E-state index in [0.29, 0.717) is 39.7 Å². The third-order valence-corrected chi connectivity index (χ3v) is 4.77. The van der Waals surface area contributed by atoms with E-state index < -0.39 is 5.60 Å². The Morgan fingerprint density at radius 2 is 0.893 bits per heavy atom. The van der Waals surface area contributed by atoms with E-state index in [1.807, 2.05) is 42.5 Å². The SMILES string of the molecule is COc1cccc(OC)c1C(O)(c1ccccc1)c1c(OC)cccc1OC. The summed E-state index contributed by atoms with van der Waals surface area (Å²) in [6.45, 7) is 0. The van der Waals surface area contributed by atoms with Gasteiger partial charge in [0.05, 0.1) is 39.6 Å². The van der Waals surface area contributed by atoms with Gasteiger partial charge in [-0.2, -0.15) is 0 Å². The van der Waals surface area contributed by atoms with Gasteiger partial charge in [0.25, 0.3) is 0 Å². The van der Waals surface area contributed by atoms with Gasteiger partial charge in [0.1, 0.15) is 23.0 Å². The normalized spacial score (nSPS) is 11.0. The number of methoxy groups -OCH3 is 4. The van der Waals surface area contributed by atoms with Gasteiger partial charge in [0.15, 0.2) is 5.60 Å². The molecule has 5 heteroatoms. The second-order valence-corrected chi connectivity index (χ2v) is 6.15. The summed E-state index contributed by atoms with van der Waals surface area (Å²) in [6, 6.07) is 20.1. The molecule has 0 unspecified atom stereocenters. The maximum atomic E-state index is 12.4. The molecule has 146 valence electrons. The van der Waals surface area contributed by atoms with Gasteiger partial charge in [-0.3, -0.25) is 0 Å². The summed E-state index contributed by atoms with van der Waals surface area (Å²) in [5, 5.41) is 12.4. The highest BCUT2D eigenvalue weighted by atomic mass is 16.5. The number of ether oxygens (including phenoxy) is 4. The molecule has 3 rings (SSSR count). The summed E-state index contributed by atoms with van der Waals surface area (Å²) in [5.74, 6) is 1.94. The third kappa shape index (κ3) is 3.14. The fourth-order valence-corrected chi connectivity index (χ4v) is 3.51. The molecule has 1 N–H and O–H groups in total. The predicted octanol–water partition coefficient (Wildman–Crippen LogP) is 4.01. The summed E-state index contributed by atoms with van der Waals surface area (Å²) in [5.41, 5.74) is -0.0967. The Labute approximate surface area is 165 Å². The molecule has 0 radical (unpaired) electrons. The molecule has 0 saturated carbocycles. The van der Waals surface area contributed by atoms with Crippen LogP contribution in [0.3, 0.4) is 0 Å². The maximum Gasteiger partial charge on any atom is 0.154 e. The lowest BCUT2D eigenvalue weighted by atomic mass is 9.78. The van der Waals surface area contributed by atoms with Crippen LogP contribution in [0, 0.1) is 0 Å². The summed E-state index contributed by atoms with van der Waals surface area (Å²) >= 11 is 0. The van der Waals surface area contributed by atoms with E-state index >= 15 is 0 Å². The van der Waals surface area contributed by atoms with Crippen molar-refractivity contribution in [3.05, 3.63) is 83.4 Å². The molecule has 0 aliphatic rings. The molecule has 3 aromatic rings. The monoisotopic (exact) mass is 380 g/mol. The predicted molar refractivity (Wildman–Crippen MR) is 108 cm³/mol. The topological polar surface area (TPSA) is 57.2 Å². The van der Waals surface area contributed by atoms with Crippen molar-refractivity contribution in [2.24, 2.45) is 0 Å². The average Bonchev–Trinajstić information content (AvgIpc) is 2.77. The Balaban J connectivity index is 2.49. The zero-order valence-electron chi connectivity index (χ0n) is 16.4. The van der Waals surface area contributed by atoms with Crippen molar-refractivity contribution in [2.45, 2.75) is 5.60 Å². The molecule has 0 fully saturated rings. The van der Waals surface area contributed by atoms with Crippen molar-refractivity contribution in [1.29, 1.82) is 0 Å². The summed E-state index contributed by atoms with van der Waals surface area (Å²) in [7, 11) is 6.23. The van der Waals surface area contributed by atoms with Crippen LogP contribution in [0.2, 0.25) is 0 Å². The summed E-state index contributed by atoms with van der Waals surface area (Å²) < 4.78 is 22.4. The third-order valence-electron chi connectivity index (χ3n) is 4.77. The van der Waals surface area contributed by atoms with Gasteiger partial charge < -0.3 is 24.1 Å². The van der Waals surface area contributed by atoms with E-state index in [1.54, 1.807) is 52.7 Å². The Morgan fingerprint density at radius 1 is 0.536 bits per heavy atom. The highest BCUT2D eigenvalue weighted by Crippen LogP contribution is 2.51.